The van der Waals surface area contributed by atoms with Crippen LogP contribution in [0, 0.1) is 0 Å². The van der Waals surface area contributed by atoms with Crippen molar-refractivity contribution in [1.82, 2.24) is 5.32 Å². The van der Waals surface area contributed by atoms with Gasteiger partial charge in [-0.2, -0.15) is 0 Å². The molecule has 0 aliphatic rings. The molecule has 0 aliphatic carbocycles. The second-order valence-corrected chi connectivity index (χ2v) is 9.04. The maximum absolute atomic E-state index is 12.7. The van der Waals surface area contributed by atoms with Gasteiger partial charge in [0.1, 0.15) is 0 Å². The fourth-order valence-corrected chi connectivity index (χ4v) is 5.74. The second kappa shape index (κ2) is 11.2. The molecule has 0 saturated carbocycles. The number of hydrogen-bond acceptors (Lipinski definition) is 3. The molecule has 2 aromatic rings. The van der Waals surface area contributed by atoms with Crippen LogP contribution in [0.1, 0.15) is 45.2 Å². The molecule has 0 saturated heterocycles. The van der Waals surface area contributed by atoms with Crippen molar-refractivity contribution in [3.63, 3.8) is 0 Å². The van der Waals surface area contributed by atoms with Crippen LogP contribution in [-0.4, -0.2) is 33.6 Å². The van der Waals surface area contributed by atoms with Crippen molar-refractivity contribution in [2.45, 2.75) is 50.5 Å². The van der Waals surface area contributed by atoms with Crippen molar-refractivity contribution < 1.29 is 9.53 Å². The van der Waals surface area contributed by atoms with Gasteiger partial charge in [0.2, 0.25) is 0 Å². The van der Waals surface area contributed by atoms with E-state index in [4.69, 9.17) is 4.74 Å². The molecule has 2 rings (SSSR count). The summed E-state index contributed by atoms with van der Waals surface area (Å²) >= 11 is 0.206. The second-order valence-electron chi connectivity index (χ2n) is 6.29. The summed E-state index contributed by atoms with van der Waals surface area (Å²) in [5, 5.41) is 3.56. The van der Waals surface area contributed by atoms with E-state index in [0.29, 0.717) is 6.61 Å². The van der Waals surface area contributed by atoms with E-state index in [1.54, 1.807) is 0 Å². The minimum atomic E-state index is -0.287. The van der Waals surface area contributed by atoms with Crippen molar-refractivity contribution in [2.24, 2.45) is 0 Å². The van der Waals surface area contributed by atoms with Gasteiger partial charge in [0.05, 0.1) is 0 Å². The van der Waals surface area contributed by atoms with Gasteiger partial charge in [-0.05, 0) is 0 Å². The predicted octanol–water partition coefficient (Wildman–Crippen LogP) is 3.89. The topological polar surface area (TPSA) is 38.3 Å². The van der Waals surface area contributed by atoms with Crippen LogP contribution in [0.2, 0.25) is 4.82 Å². The first-order chi connectivity index (χ1) is 12.7. The van der Waals surface area contributed by atoms with Gasteiger partial charge < -0.3 is 0 Å². The zero-order valence-corrected chi connectivity index (χ0v) is 17.6. The molecular weight excluding hydrogens is 389 g/mol. The average Bonchev–Trinajstić information content (AvgIpc) is 2.67. The Morgan fingerprint density at radius 3 is 2.23 bits per heavy atom. The molecule has 0 spiro atoms. The molecule has 0 amide bonds. The molecule has 26 heavy (non-hydrogen) atoms. The number of benzene rings is 2. The van der Waals surface area contributed by atoms with Crippen molar-refractivity contribution in [1.29, 1.82) is 0 Å². The monoisotopic (exact) mass is 419 g/mol. The van der Waals surface area contributed by atoms with Gasteiger partial charge in [0.15, 0.2) is 0 Å². The standard InChI is InChI=1S/C22H29NO2Se/c1-4-12-20(26-19-15-10-7-11-16-19)21(22(24)25-5-2)23-17(3)18-13-8-6-9-14-18/h6-11,13-17,20-21,23H,4-5,12H2,1-3H3/t17-,20?,21?/m0/s1. The molecule has 0 heterocycles. The van der Waals surface area contributed by atoms with E-state index in [2.05, 4.69) is 55.6 Å². The Labute approximate surface area is 163 Å². The van der Waals surface area contributed by atoms with Crippen LogP contribution < -0.4 is 9.78 Å². The van der Waals surface area contributed by atoms with E-state index in [9.17, 15) is 4.79 Å². The van der Waals surface area contributed by atoms with Crippen LogP contribution >= 0.6 is 0 Å². The fourth-order valence-electron chi connectivity index (χ4n) is 2.92. The van der Waals surface area contributed by atoms with E-state index in [-0.39, 0.29) is 37.8 Å². The predicted molar refractivity (Wildman–Crippen MR) is 109 cm³/mol. The number of carbonyl (C=O) groups is 1. The summed E-state index contributed by atoms with van der Waals surface area (Å²) in [5.74, 6) is -0.133. The SMILES string of the molecule is CCCC([Se]c1ccccc1)C(N[C@@H](C)c1ccccc1)C(=O)OCC. The molecule has 0 fully saturated rings. The first-order valence-electron chi connectivity index (χ1n) is 9.35. The summed E-state index contributed by atoms with van der Waals surface area (Å²) in [6.45, 7) is 6.57. The first kappa shape index (κ1) is 20.7. The van der Waals surface area contributed by atoms with E-state index < -0.39 is 0 Å². The molecule has 0 aromatic heterocycles. The van der Waals surface area contributed by atoms with Crippen molar-refractivity contribution in [3.05, 3.63) is 66.2 Å². The third-order valence-electron chi connectivity index (χ3n) is 4.25. The number of ether oxygens (including phenoxy) is 1. The Kier molecular flexibility index (Phi) is 8.90. The normalized spacial score (nSPS) is 14.4. The van der Waals surface area contributed by atoms with E-state index in [1.807, 2.05) is 31.2 Å². The Bertz CT molecular complexity index is 648. The summed E-state index contributed by atoms with van der Waals surface area (Å²) in [5.41, 5.74) is 1.18. The van der Waals surface area contributed by atoms with Gasteiger partial charge in [0, 0.05) is 0 Å². The average molecular weight is 418 g/mol. The molecule has 4 heteroatoms. The number of hydrogen-bond donors (Lipinski definition) is 1. The molecule has 3 atom stereocenters. The van der Waals surface area contributed by atoms with Crippen LogP contribution in [0.25, 0.3) is 0 Å². The Morgan fingerprint density at radius 1 is 1.04 bits per heavy atom. The van der Waals surface area contributed by atoms with Crippen LogP contribution in [0.3, 0.4) is 0 Å². The summed E-state index contributed by atoms with van der Waals surface area (Å²) in [7, 11) is 0. The van der Waals surface area contributed by atoms with E-state index >= 15 is 0 Å². The summed E-state index contributed by atoms with van der Waals surface area (Å²) in [6.07, 6.45) is 2.06. The molecule has 2 unspecified atom stereocenters. The zero-order chi connectivity index (χ0) is 18.8. The Morgan fingerprint density at radius 2 is 1.65 bits per heavy atom. The molecule has 1 N–H and O–H groups in total. The Hall–Kier alpha value is -1.61. The number of rotatable bonds is 10. The number of esters is 1. The fraction of sp³-hybridized carbons (Fsp3) is 0.409. The summed E-state index contributed by atoms with van der Waals surface area (Å²) in [4.78, 5) is 13.0. The van der Waals surface area contributed by atoms with Gasteiger partial charge in [0.25, 0.3) is 0 Å². The quantitative estimate of drug-likeness (QED) is 0.470. The number of nitrogens with one attached hydrogen (secondary N) is 1. The molecule has 2 aromatic carbocycles. The molecule has 0 aliphatic heterocycles. The van der Waals surface area contributed by atoms with Crippen LogP contribution in [0.4, 0.5) is 0 Å². The summed E-state index contributed by atoms with van der Waals surface area (Å²) in [6, 6.07) is 20.6. The Balaban J connectivity index is 2.20. The van der Waals surface area contributed by atoms with Gasteiger partial charge in [-0.3, -0.25) is 0 Å². The molecule has 3 nitrogen and oxygen atoms in total. The molecular formula is C22H29NO2Se. The van der Waals surface area contributed by atoms with E-state index in [0.717, 1.165) is 12.8 Å². The van der Waals surface area contributed by atoms with Crippen molar-refractivity contribution in [2.75, 3.05) is 6.61 Å². The third-order valence-corrected chi connectivity index (χ3v) is 7.09. The molecule has 0 radical (unpaired) electrons. The maximum atomic E-state index is 12.7. The van der Waals surface area contributed by atoms with Crippen LogP contribution in [0.15, 0.2) is 60.7 Å². The van der Waals surface area contributed by atoms with Gasteiger partial charge in [-0.25, -0.2) is 0 Å². The summed E-state index contributed by atoms with van der Waals surface area (Å²) < 4.78 is 6.74. The van der Waals surface area contributed by atoms with Gasteiger partial charge in [-0.1, -0.05) is 0 Å². The zero-order valence-electron chi connectivity index (χ0n) is 15.9. The van der Waals surface area contributed by atoms with Gasteiger partial charge in [-0.15, -0.1) is 0 Å². The minimum absolute atomic E-state index is 0.0940. The van der Waals surface area contributed by atoms with Crippen molar-refractivity contribution in [3.8, 4) is 0 Å². The van der Waals surface area contributed by atoms with Crippen LogP contribution in [-0.2, 0) is 9.53 Å². The van der Waals surface area contributed by atoms with Gasteiger partial charge >= 0.3 is 164 Å². The van der Waals surface area contributed by atoms with E-state index in [1.165, 1.54) is 10.0 Å². The van der Waals surface area contributed by atoms with Crippen molar-refractivity contribution >= 4 is 25.4 Å². The van der Waals surface area contributed by atoms with Crippen LogP contribution in [0.5, 0.6) is 0 Å². The third kappa shape index (κ3) is 6.28. The molecule has 140 valence electrons. The number of carbonyl (C=O) groups excluding carboxylic acids is 1. The first-order valence-corrected chi connectivity index (χ1v) is 11.2. The molecule has 0 bridgehead atoms.